The lowest BCUT2D eigenvalue weighted by Gasteiger charge is -2.36. The van der Waals surface area contributed by atoms with Crippen LogP contribution in [0.5, 0.6) is 0 Å². The normalized spacial score (nSPS) is 14.9. The molecule has 1 N–H and O–H groups in total. The van der Waals surface area contributed by atoms with Gasteiger partial charge in [-0.25, -0.2) is 4.98 Å². The molecule has 0 unspecified atom stereocenters. The number of aromatic nitrogens is 1. The van der Waals surface area contributed by atoms with Crippen molar-refractivity contribution in [3.63, 3.8) is 0 Å². The summed E-state index contributed by atoms with van der Waals surface area (Å²) in [5.41, 5.74) is 3.67. The monoisotopic (exact) mass is 422 g/mol. The molecule has 0 atom stereocenters. The molecular formula is C24H30N4OS. The van der Waals surface area contributed by atoms with E-state index in [1.54, 1.807) is 11.3 Å². The van der Waals surface area contributed by atoms with E-state index in [9.17, 15) is 4.79 Å². The van der Waals surface area contributed by atoms with E-state index in [1.807, 2.05) is 18.2 Å². The fourth-order valence-electron chi connectivity index (χ4n) is 3.92. The zero-order valence-corrected chi connectivity index (χ0v) is 18.5. The molecule has 158 valence electrons. The Morgan fingerprint density at radius 3 is 2.73 bits per heavy atom. The standard InChI is InChI=1S/C24H30N4OS/c1-19-6-4-7-20(18-19)28-16-14-27(15-17-28)13-5-12-25-23(29)10-11-24-26-21-8-2-3-9-22(21)30-24/h2-4,6-9,18H,5,10-17H2,1H3,(H,25,29). The zero-order chi connectivity index (χ0) is 20.8. The molecule has 1 fully saturated rings. The summed E-state index contributed by atoms with van der Waals surface area (Å²) >= 11 is 1.68. The Kier molecular flexibility index (Phi) is 6.97. The molecule has 3 aromatic rings. The second-order valence-corrected chi connectivity index (χ2v) is 9.06. The molecule has 0 aliphatic carbocycles. The van der Waals surface area contributed by atoms with Gasteiger partial charge < -0.3 is 10.2 Å². The number of benzene rings is 2. The van der Waals surface area contributed by atoms with Crippen molar-refractivity contribution in [2.75, 3.05) is 44.2 Å². The number of carbonyl (C=O) groups excluding carboxylic acids is 1. The summed E-state index contributed by atoms with van der Waals surface area (Å²) in [6.07, 6.45) is 2.22. The number of hydrogen-bond acceptors (Lipinski definition) is 5. The first-order valence-electron chi connectivity index (χ1n) is 10.8. The van der Waals surface area contributed by atoms with Crippen LogP contribution >= 0.6 is 11.3 Å². The van der Waals surface area contributed by atoms with Gasteiger partial charge in [0.15, 0.2) is 0 Å². The van der Waals surface area contributed by atoms with Crippen molar-refractivity contribution < 1.29 is 4.79 Å². The molecule has 1 aromatic heterocycles. The summed E-state index contributed by atoms with van der Waals surface area (Å²) < 4.78 is 1.19. The number of anilines is 1. The number of aryl methyl sites for hydroxylation is 2. The summed E-state index contributed by atoms with van der Waals surface area (Å²) in [6, 6.07) is 16.9. The first-order valence-corrected chi connectivity index (χ1v) is 11.6. The third-order valence-electron chi connectivity index (χ3n) is 5.62. The molecule has 2 aromatic carbocycles. The quantitative estimate of drug-likeness (QED) is 0.560. The number of rotatable bonds is 8. The Bertz CT molecular complexity index is 945. The minimum Gasteiger partial charge on any atom is -0.369 e. The van der Waals surface area contributed by atoms with Crippen LogP contribution in [0.3, 0.4) is 0 Å². The second kappa shape index (κ2) is 10.0. The van der Waals surface area contributed by atoms with Gasteiger partial charge in [-0.15, -0.1) is 11.3 Å². The lowest BCUT2D eigenvalue weighted by molar-refractivity contribution is -0.121. The van der Waals surface area contributed by atoms with E-state index in [-0.39, 0.29) is 5.91 Å². The minimum atomic E-state index is 0.124. The van der Waals surface area contributed by atoms with Crippen LogP contribution in [0, 0.1) is 6.92 Å². The Labute approximate surface area is 182 Å². The van der Waals surface area contributed by atoms with Crippen LogP contribution in [0.25, 0.3) is 10.2 Å². The highest BCUT2D eigenvalue weighted by Crippen LogP contribution is 2.22. The number of carbonyl (C=O) groups is 1. The van der Waals surface area contributed by atoms with Gasteiger partial charge in [-0.3, -0.25) is 9.69 Å². The van der Waals surface area contributed by atoms with Gasteiger partial charge in [0, 0.05) is 51.3 Å². The van der Waals surface area contributed by atoms with Crippen molar-refractivity contribution in [2.24, 2.45) is 0 Å². The lowest BCUT2D eigenvalue weighted by atomic mass is 10.2. The third kappa shape index (κ3) is 5.58. The topological polar surface area (TPSA) is 48.5 Å². The summed E-state index contributed by atoms with van der Waals surface area (Å²) in [5.74, 6) is 0.124. The SMILES string of the molecule is Cc1cccc(N2CCN(CCCNC(=O)CCc3nc4ccccc4s3)CC2)c1. The number of nitrogens with zero attached hydrogens (tertiary/aromatic N) is 3. The van der Waals surface area contributed by atoms with E-state index >= 15 is 0 Å². The zero-order valence-electron chi connectivity index (χ0n) is 17.6. The maximum absolute atomic E-state index is 12.2. The highest BCUT2D eigenvalue weighted by atomic mass is 32.1. The van der Waals surface area contributed by atoms with Crippen LogP contribution < -0.4 is 10.2 Å². The number of para-hydroxylation sites is 1. The van der Waals surface area contributed by atoms with Crippen LogP contribution in [0.1, 0.15) is 23.4 Å². The first kappa shape index (κ1) is 20.8. The number of fused-ring (bicyclic) bond motifs is 1. The van der Waals surface area contributed by atoms with Gasteiger partial charge in [-0.2, -0.15) is 0 Å². The largest absolute Gasteiger partial charge is 0.369 e. The van der Waals surface area contributed by atoms with Crippen molar-refractivity contribution in [2.45, 2.75) is 26.2 Å². The second-order valence-electron chi connectivity index (χ2n) is 7.95. The Morgan fingerprint density at radius 2 is 1.93 bits per heavy atom. The van der Waals surface area contributed by atoms with E-state index in [4.69, 9.17) is 0 Å². The van der Waals surface area contributed by atoms with E-state index < -0.39 is 0 Å². The predicted octanol–water partition coefficient (Wildman–Crippen LogP) is 3.87. The average molecular weight is 423 g/mol. The van der Waals surface area contributed by atoms with E-state index in [0.717, 1.165) is 56.2 Å². The predicted molar refractivity (Wildman–Crippen MR) is 125 cm³/mol. The molecule has 5 nitrogen and oxygen atoms in total. The van der Waals surface area contributed by atoms with Crippen LogP contribution in [-0.2, 0) is 11.2 Å². The molecule has 30 heavy (non-hydrogen) atoms. The fourth-order valence-corrected chi connectivity index (χ4v) is 4.89. The number of amides is 1. The molecular weight excluding hydrogens is 392 g/mol. The maximum atomic E-state index is 12.2. The first-order chi connectivity index (χ1) is 14.7. The molecule has 1 saturated heterocycles. The highest BCUT2D eigenvalue weighted by Gasteiger charge is 2.17. The summed E-state index contributed by atoms with van der Waals surface area (Å²) in [7, 11) is 0. The number of thiazole rings is 1. The van der Waals surface area contributed by atoms with E-state index in [2.05, 4.69) is 57.4 Å². The number of nitrogens with one attached hydrogen (secondary N) is 1. The molecule has 0 saturated carbocycles. The Hall–Kier alpha value is -2.44. The molecule has 1 amide bonds. The van der Waals surface area contributed by atoms with Crippen molar-refractivity contribution >= 4 is 33.1 Å². The Balaban J connectivity index is 1.10. The van der Waals surface area contributed by atoms with Crippen LogP contribution in [0.15, 0.2) is 48.5 Å². The van der Waals surface area contributed by atoms with Gasteiger partial charge in [0.2, 0.25) is 5.91 Å². The van der Waals surface area contributed by atoms with Crippen LogP contribution in [0.2, 0.25) is 0 Å². The fraction of sp³-hybridized carbons (Fsp3) is 0.417. The Morgan fingerprint density at radius 1 is 1.10 bits per heavy atom. The van der Waals surface area contributed by atoms with E-state index in [0.29, 0.717) is 12.8 Å². The maximum Gasteiger partial charge on any atom is 0.220 e. The molecule has 0 radical (unpaired) electrons. The van der Waals surface area contributed by atoms with Crippen molar-refractivity contribution in [1.29, 1.82) is 0 Å². The number of hydrogen-bond donors (Lipinski definition) is 1. The van der Waals surface area contributed by atoms with Gasteiger partial charge in [-0.05, 0) is 49.7 Å². The lowest BCUT2D eigenvalue weighted by Crippen LogP contribution is -2.47. The van der Waals surface area contributed by atoms with Gasteiger partial charge >= 0.3 is 0 Å². The smallest absolute Gasteiger partial charge is 0.220 e. The van der Waals surface area contributed by atoms with Crippen molar-refractivity contribution in [1.82, 2.24) is 15.2 Å². The molecule has 4 rings (SSSR count). The molecule has 0 bridgehead atoms. The van der Waals surface area contributed by atoms with E-state index in [1.165, 1.54) is 16.0 Å². The van der Waals surface area contributed by atoms with Gasteiger partial charge in [-0.1, -0.05) is 24.3 Å². The van der Waals surface area contributed by atoms with Crippen molar-refractivity contribution in [3.05, 3.63) is 59.1 Å². The highest BCUT2D eigenvalue weighted by molar-refractivity contribution is 7.18. The minimum absolute atomic E-state index is 0.124. The summed E-state index contributed by atoms with van der Waals surface area (Å²) in [6.45, 7) is 8.23. The van der Waals surface area contributed by atoms with Crippen LogP contribution in [-0.4, -0.2) is 55.1 Å². The van der Waals surface area contributed by atoms with Gasteiger partial charge in [0.25, 0.3) is 0 Å². The van der Waals surface area contributed by atoms with Gasteiger partial charge in [0.1, 0.15) is 0 Å². The molecule has 1 aliphatic heterocycles. The molecule has 1 aliphatic rings. The summed E-state index contributed by atoms with van der Waals surface area (Å²) in [5, 5.41) is 4.11. The summed E-state index contributed by atoms with van der Waals surface area (Å²) in [4.78, 5) is 21.7. The third-order valence-corrected chi connectivity index (χ3v) is 6.71. The van der Waals surface area contributed by atoms with Gasteiger partial charge in [0.05, 0.1) is 15.2 Å². The van der Waals surface area contributed by atoms with Crippen molar-refractivity contribution in [3.8, 4) is 0 Å². The molecule has 0 spiro atoms. The average Bonchev–Trinajstić information content (AvgIpc) is 3.19. The molecule has 2 heterocycles. The van der Waals surface area contributed by atoms with Crippen LogP contribution in [0.4, 0.5) is 5.69 Å². The number of piperazine rings is 1. The molecule has 6 heteroatoms.